The van der Waals surface area contributed by atoms with E-state index in [0.29, 0.717) is 5.82 Å². The molecule has 25 heavy (non-hydrogen) atoms. The van der Waals surface area contributed by atoms with Crippen molar-refractivity contribution < 1.29 is 4.79 Å². The molecule has 0 aliphatic carbocycles. The number of aromatic nitrogens is 2. The monoisotopic (exact) mass is 330 g/mol. The van der Waals surface area contributed by atoms with Crippen LogP contribution in [0.3, 0.4) is 0 Å². The van der Waals surface area contributed by atoms with Crippen LogP contribution < -0.4 is 0 Å². The number of carbonyl (C=O) groups excluding carboxylic acids is 1. The Bertz CT molecular complexity index is 1080. The molecule has 0 amide bonds. The van der Waals surface area contributed by atoms with E-state index in [1.54, 1.807) is 11.5 Å². The highest BCUT2D eigenvalue weighted by Crippen LogP contribution is 2.36. The molecule has 0 bridgehead atoms. The SMILES string of the molecule is C=Cc1ccc2cc3c(nc(C)n3C(C)=O)c(C=C)c2c1/C(C)=C\C. The van der Waals surface area contributed by atoms with E-state index in [-0.39, 0.29) is 5.91 Å². The Kier molecular flexibility index (Phi) is 4.17. The number of aryl methyl sites for hydroxylation is 1. The van der Waals surface area contributed by atoms with Crippen LogP contribution in [-0.4, -0.2) is 15.5 Å². The van der Waals surface area contributed by atoms with E-state index in [1.807, 2.05) is 32.1 Å². The zero-order chi connectivity index (χ0) is 18.3. The molecule has 0 saturated carbocycles. The minimum Gasteiger partial charge on any atom is -0.274 e. The largest absolute Gasteiger partial charge is 0.274 e. The van der Waals surface area contributed by atoms with Crippen LogP contribution in [0.25, 0.3) is 39.5 Å². The van der Waals surface area contributed by atoms with E-state index in [1.165, 1.54) is 5.57 Å². The molecule has 1 aromatic heterocycles. The topological polar surface area (TPSA) is 34.9 Å². The predicted molar refractivity (Wildman–Crippen MR) is 108 cm³/mol. The van der Waals surface area contributed by atoms with Crippen molar-refractivity contribution >= 4 is 45.4 Å². The Morgan fingerprint density at radius 1 is 1.20 bits per heavy atom. The van der Waals surface area contributed by atoms with Crippen LogP contribution in [0.1, 0.15) is 48.1 Å². The molecule has 126 valence electrons. The van der Waals surface area contributed by atoms with Gasteiger partial charge >= 0.3 is 0 Å². The van der Waals surface area contributed by atoms with Gasteiger partial charge in [-0.1, -0.05) is 43.5 Å². The van der Waals surface area contributed by atoms with Crippen molar-refractivity contribution in [3.63, 3.8) is 0 Å². The molecule has 3 rings (SSSR count). The minimum atomic E-state index is -0.0399. The van der Waals surface area contributed by atoms with Gasteiger partial charge in [0.1, 0.15) is 5.82 Å². The van der Waals surface area contributed by atoms with Crippen LogP contribution in [0.15, 0.2) is 37.4 Å². The van der Waals surface area contributed by atoms with Gasteiger partial charge in [-0.25, -0.2) is 4.98 Å². The van der Waals surface area contributed by atoms with Crippen molar-refractivity contribution in [3.05, 3.63) is 59.9 Å². The van der Waals surface area contributed by atoms with E-state index in [0.717, 1.165) is 38.5 Å². The lowest BCUT2D eigenvalue weighted by molar-refractivity contribution is 0.0939. The van der Waals surface area contributed by atoms with Crippen molar-refractivity contribution in [1.82, 2.24) is 9.55 Å². The van der Waals surface area contributed by atoms with Gasteiger partial charge in [-0.05, 0) is 54.3 Å². The van der Waals surface area contributed by atoms with Crippen LogP contribution in [-0.2, 0) is 0 Å². The van der Waals surface area contributed by atoms with E-state index >= 15 is 0 Å². The van der Waals surface area contributed by atoms with Crippen molar-refractivity contribution in [2.45, 2.75) is 27.7 Å². The molecule has 0 fully saturated rings. The van der Waals surface area contributed by atoms with Gasteiger partial charge < -0.3 is 0 Å². The van der Waals surface area contributed by atoms with E-state index in [9.17, 15) is 4.79 Å². The number of allylic oxidation sites excluding steroid dienone is 2. The third kappa shape index (κ3) is 2.43. The van der Waals surface area contributed by atoms with Crippen LogP contribution in [0.4, 0.5) is 0 Å². The lowest BCUT2D eigenvalue weighted by atomic mass is 9.90. The molecule has 0 radical (unpaired) electrons. The fraction of sp³-hybridized carbons (Fsp3) is 0.182. The summed E-state index contributed by atoms with van der Waals surface area (Å²) in [5.74, 6) is 0.649. The summed E-state index contributed by atoms with van der Waals surface area (Å²) < 4.78 is 1.66. The second kappa shape index (κ2) is 6.17. The summed E-state index contributed by atoms with van der Waals surface area (Å²) in [6, 6.07) is 6.17. The molecular formula is C22H22N2O. The summed E-state index contributed by atoms with van der Waals surface area (Å²) in [6.07, 6.45) is 5.80. The number of hydrogen-bond donors (Lipinski definition) is 0. The second-order valence-corrected chi connectivity index (χ2v) is 6.18. The molecule has 0 N–H and O–H groups in total. The van der Waals surface area contributed by atoms with Gasteiger partial charge in [-0.15, -0.1) is 0 Å². The van der Waals surface area contributed by atoms with E-state index in [4.69, 9.17) is 0 Å². The Morgan fingerprint density at radius 3 is 2.48 bits per heavy atom. The first-order valence-corrected chi connectivity index (χ1v) is 8.32. The zero-order valence-electron chi connectivity index (χ0n) is 15.2. The molecule has 0 unspecified atom stereocenters. The van der Waals surface area contributed by atoms with Gasteiger partial charge in [0.05, 0.1) is 11.0 Å². The number of fused-ring (bicyclic) bond motifs is 2. The number of carbonyl (C=O) groups is 1. The quantitative estimate of drug-likeness (QED) is 0.602. The van der Waals surface area contributed by atoms with Gasteiger partial charge in [0.15, 0.2) is 0 Å². The van der Waals surface area contributed by atoms with Crippen molar-refractivity contribution in [2.24, 2.45) is 0 Å². The fourth-order valence-electron chi connectivity index (χ4n) is 3.53. The lowest BCUT2D eigenvalue weighted by Crippen LogP contribution is -2.07. The van der Waals surface area contributed by atoms with Gasteiger partial charge in [0.25, 0.3) is 0 Å². The Balaban J connectivity index is 2.64. The molecule has 0 aliphatic heterocycles. The molecule has 0 atom stereocenters. The summed E-state index contributed by atoms with van der Waals surface area (Å²) in [5.41, 5.74) is 5.97. The van der Waals surface area contributed by atoms with E-state index < -0.39 is 0 Å². The number of rotatable bonds is 3. The summed E-state index contributed by atoms with van der Waals surface area (Å²) >= 11 is 0. The summed E-state index contributed by atoms with van der Waals surface area (Å²) in [4.78, 5) is 16.7. The van der Waals surface area contributed by atoms with Crippen LogP contribution in [0.5, 0.6) is 0 Å². The number of nitrogens with zero attached hydrogens (tertiary/aromatic N) is 2. The van der Waals surface area contributed by atoms with Gasteiger partial charge in [0, 0.05) is 12.5 Å². The average Bonchev–Trinajstić information content (AvgIpc) is 2.93. The summed E-state index contributed by atoms with van der Waals surface area (Å²) in [7, 11) is 0. The minimum absolute atomic E-state index is 0.0399. The second-order valence-electron chi connectivity index (χ2n) is 6.18. The molecule has 3 heteroatoms. The van der Waals surface area contributed by atoms with Gasteiger partial charge in [-0.3, -0.25) is 9.36 Å². The summed E-state index contributed by atoms with van der Waals surface area (Å²) in [5, 5.41) is 2.16. The maximum absolute atomic E-state index is 12.1. The third-order valence-electron chi connectivity index (χ3n) is 4.73. The molecule has 0 saturated heterocycles. The fourth-order valence-corrected chi connectivity index (χ4v) is 3.53. The van der Waals surface area contributed by atoms with Gasteiger partial charge in [-0.2, -0.15) is 0 Å². The van der Waals surface area contributed by atoms with Crippen LogP contribution >= 0.6 is 0 Å². The molecule has 3 aromatic rings. The summed E-state index contributed by atoms with van der Waals surface area (Å²) in [6.45, 7) is 15.5. The normalized spacial score (nSPS) is 11.9. The smallest absolute Gasteiger partial charge is 0.229 e. The van der Waals surface area contributed by atoms with Crippen molar-refractivity contribution in [3.8, 4) is 0 Å². The molecule has 1 heterocycles. The van der Waals surface area contributed by atoms with E-state index in [2.05, 4.69) is 43.3 Å². The molecule has 3 nitrogen and oxygen atoms in total. The third-order valence-corrected chi connectivity index (χ3v) is 4.73. The zero-order valence-corrected chi connectivity index (χ0v) is 15.2. The molecule has 0 aliphatic rings. The molecular weight excluding hydrogens is 308 g/mol. The van der Waals surface area contributed by atoms with Gasteiger partial charge in [0.2, 0.25) is 5.91 Å². The Morgan fingerprint density at radius 2 is 1.92 bits per heavy atom. The first-order chi connectivity index (χ1) is 11.9. The Hall–Kier alpha value is -2.94. The number of benzene rings is 2. The lowest BCUT2D eigenvalue weighted by Gasteiger charge is -2.15. The first kappa shape index (κ1) is 16.9. The standard InChI is InChI=1S/C22H22N2O/c1-7-13(4)20-16(8-2)10-11-17-12-19-22(18(9-3)21(17)20)23-14(5)24(19)15(6)25/h7-12H,2-3H2,1,4-6H3/b13-7-. The first-order valence-electron chi connectivity index (χ1n) is 8.32. The van der Waals surface area contributed by atoms with Crippen molar-refractivity contribution in [1.29, 1.82) is 0 Å². The molecule has 0 spiro atoms. The average molecular weight is 330 g/mol. The van der Waals surface area contributed by atoms with Crippen molar-refractivity contribution in [2.75, 3.05) is 0 Å². The number of hydrogen-bond acceptors (Lipinski definition) is 2. The highest BCUT2D eigenvalue weighted by Gasteiger charge is 2.18. The molecule has 2 aromatic carbocycles. The number of imidazole rings is 1. The maximum atomic E-state index is 12.1. The predicted octanol–water partition coefficient (Wildman–Crippen LogP) is 5.87. The highest BCUT2D eigenvalue weighted by atomic mass is 16.1. The highest BCUT2D eigenvalue weighted by molar-refractivity contribution is 6.11. The van der Waals surface area contributed by atoms with Crippen LogP contribution in [0, 0.1) is 6.92 Å². The van der Waals surface area contributed by atoms with Crippen LogP contribution in [0.2, 0.25) is 0 Å². The maximum Gasteiger partial charge on any atom is 0.229 e. The Labute approximate surface area is 148 Å².